The molecule has 0 aliphatic carbocycles. The number of aromatic nitrogens is 1. The predicted octanol–water partition coefficient (Wildman–Crippen LogP) is 2.88. The summed E-state index contributed by atoms with van der Waals surface area (Å²) in [6.07, 6.45) is 1.25. The molecule has 0 fully saturated rings. The van der Waals surface area contributed by atoms with Crippen molar-refractivity contribution in [3.63, 3.8) is 0 Å². The minimum Gasteiger partial charge on any atom is -0.497 e. The second kappa shape index (κ2) is 5.79. The van der Waals surface area contributed by atoms with Crippen LogP contribution in [0, 0.1) is 0 Å². The monoisotopic (exact) mass is 337 g/mol. The molecule has 2 aromatic rings. The van der Waals surface area contributed by atoms with Crippen LogP contribution < -0.4 is 15.8 Å². The van der Waals surface area contributed by atoms with Gasteiger partial charge in [-0.3, -0.25) is 0 Å². The number of nitrogens with two attached hydrogens (primary N) is 1. The van der Waals surface area contributed by atoms with Gasteiger partial charge in [0, 0.05) is 16.7 Å². The molecule has 0 amide bonds. The largest absolute Gasteiger partial charge is 0.497 e. The molecule has 0 aliphatic heterocycles. The fourth-order valence-corrected chi connectivity index (χ4v) is 1.90. The summed E-state index contributed by atoms with van der Waals surface area (Å²) in [6, 6.07) is 6.75. The minimum atomic E-state index is -1.07. The van der Waals surface area contributed by atoms with Gasteiger partial charge in [-0.2, -0.15) is 0 Å². The summed E-state index contributed by atoms with van der Waals surface area (Å²) in [7, 11) is 1.57. The molecule has 0 aliphatic rings. The van der Waals surface area contributed by atoms with E-state index >= 15 is 0 Å². The summed E-state index contributed by atoms with van der Waals surface area (Å²) >= 11 is 3.40. The molecule has 6 nitrogen and oxygen atoms in total. The number of hydrogen-bond donors (Lipinski definition) is 3. The number of nitrogens with zero attached hydrogens (tertiary/aromatic N) is 1. The number of methoxy groups -OCH3 is 1. The van der Waals surface area contributed by atoms with E-state index in [0.717, 1.165) is 4.47 Å². The molecule has 1 heterocycles. The quantitative estimate of drug-likeness (QED) is 0.793. The molecule has 0 bridgehead atoms. The number of carboxylic acids is 1. The highest BCUT2D eigenvalue weighted by atomic mass is 79.9. The van der Waals surface area contributed by atoms with Gasteiger partial charge in [0.1, 0.15) is 5.75 Å². The Morgan fingerprint density at radius 3 is 2.80 bits per heavy atom. The van der Waals surface area contributed by atoms with E-state index in [4.69, 9.17) is 15.6 Å². The highest BCUT2D eigenvalue weighted by Crippen LogP contribution is 2.31. The maximum absolute atomic E-state index is 10.8. The van der Waals surface area contributed by atoms with Crippen molar-refractivity contribution in [1.82, 2.24) is 4.98 Å². The van der Waals surface area contributed by atoms with Gasteiger partial charge in [0.05, 0.1) is 24.0 Å². The molecule has 0 spiro atoms. The van der Waals surface area contributed by atoms with Crippen LogP contribution in [-0.2, 0) is 0 Å². The van der Waals surface area contributed by atoms with E-state index in [-0.39, 0.29) is 11.3 Å². The highest BCUT2D eigenvalue weighted by molar-refractivity contribution is 9.10. The van der Waals surface area contributed by atoms with Crippen molar-refractivity contribution in [2.24, 2.45) is 0 Å². The summed E-state index contributed by atoms with van der Waals surface area (Å²) in [5.41, 5.74) is 6.80. The summed E-state index contributed by atoms with van der Waals surface area (Å²) in [6.45, 7) is 0. The zero-order valence-electron chi connectivity index (χ0n) is 10.6. The molecule has 0 saturated carbocycles. The molecule has 1 aromatic heterocycles. The van der Waals surface area contributed by atoms with E-state index in [1.807, 2.05) is 6.07 Å². The Morgan fingerprint density at radius 2 is 2.20 bits per heavy atom. The zero-order valence-corrected chi connectivity index (χ0v) is 12.1. The molecule has 0 radical (unpaired) electrons. The van der Waals surface area contributed by atoms with Gasteiger partial charge in [0.15, 0.2) is 5.82 Å². The maximum atomic E-state index is 10.8. The summed E-state index contributed by atoms with van der Waals surface area (Å²) in [4.78, 5) is 14.8. The van der Waals surface area contributed by atoms with Crippen molar-refractivity contribution >= 4 is 39.1 Å². The number of halogens is 1. The summed E-state index contributed by atoms with van der Waals surface area (Å²) in [5, 5.41) is 11.9. The van der Waals surface area contributed by atoms with Gasteiger partial charge in [-0.15, -0.1) is 0 Å². The van der Waals surface area contributed by atoms with Gasteiger partial charge in [0.25, 0.3) is 0 Å². The number of carboxylic acid groups (broad SMARTS) is 1. The van der Waals surface area contributed by atoms with Gasteiger partial charge in [-0.1, -0.05) is 0 Å². The van der Waals surface area contributed by atoms with Crippen LogP contribution in [0.3, 0.4) is 0 Å². The van der Waals surface area contributed by atoms with E-state index in [9.17, 15) is 4.79 Å². The van der Waals surface area contributed by atoms with Crippen molar-refractivity contribution in [3.8, 4) is 5.75 Å². The predicted molar refractivity (Wildman–Crippen MR) is 79.6 cm³/mol. The van der Waals surface area contributed by atoms with Crippen LogP contribution >= 0.6 is 15.9 Å². The minimum absolute atomic E-state index is 0.0396. The third-order valence-corrected chi connectivity index (χ3v) is 3.28. The molecular weight excluding hydrogens is 326 g/mol. The van der Waals surface area contributed by atoms with Crippen LogP contribution in [-0.4, -0.2) is 23.2 Å². The Kier molecular flexibility index (Phi) is 4.09. The van der Waals surface area contributed by atoms with Gasteiger partial charge in [-0.25, -0.2) is 9.78 Å². The normalized spacial score (nSPS) is 10.1. The molecule has 2 rings (SSSR count). The maximum Gasteiger partial charge on any atom is 0.337 e. The van der Waals surface area contributed by atoms with Gasteiger partial charge >= 0.3 is 5.97 Å². The molecule has 0 atom stereocenters. The summed E-state index contributed by atoms with van der Waals surface area (Å²) in [5.74, 6) is -0.0151. The Balaban J connectivity index is 2.32. The fourth-order valence-electron chi connectivity index (χ4n) is 1.56. The standard InChI is InChI=1S/C13H12BrN3O3/c1-20-8-2-3-9(14)11(5-8)17-12-10(15)4-7(6-16-12)13(18)19/h2-6H,15H2,1H3,(H,16,17)(H,18,19). The second-order valence-corrected chi connectivity index (χ2v) is 4.79. The lowest BCUT2D eigenvalue weighted by atomic mass is 10.2. The van der Waals surface area contributed by atoms with Gasteiger partial charge in [-0.05, 0) is 34.1 Å². The van der Waals surface area contributed by atoms with Gasteiger partial charge < -0.3 is 20.9 Å². The SMILES string of the molecule is COc1ccc(Br)c(Nc2ncc(C(=O)O)cc2N)c1. The molecule has 4 N–H and O–H groups in total. The molecule has 20 heavy (non-hydrogen) atoms. The first-order chi connectivity index (χ1) is 9.51. The van der Waals surface area contributed by atoms with E-state index in [0.29, 0.717) is 17.3 Å². The van der Waals surface area contributed by atoms with E-state index < -0.39 is 5.97 Å². The Labute approximate surface area is 123 Å². The molecule has 104 valence electrons. The number of ether oxygens (including phenoxy) is 1. The number of hydrogen-bond acceptors (Lipinski definition) is 5. The van der Waals surface area contributed by atoms with Crippen LogP contribution in [0.15, 0.2) is 34.9 Å². The third-order valence-electron chi connectivity index (χ3n) is 2.59. The number of nitrogens with one attached hydrogen (secondary N) is 1. The molecule has 7 heteroatoms. The highest BCUT2D eigenvalue weighted by Gasteiger charge is 2.09. The number of nitrogen functional groups attached to an aromatic ring is 1. The van der Waals surface area contributed by atoms with Crippen molar-refractivity contribution < 1.29 is 14.6 Å². The first kappa shape index (κ1) is 14.1. The lowest BCUT2D eigenvalue weighted by molar-refractivity contribution is 0.0696. The van der Waals surface area contributed by atoms with Crippen molar-refractivity contribution in [3.05, 3.63) is 40.5 Å². The number of benzene rings is 1. The van der Waals surface area contributed by atoms with Crippen LogP contribution in [0.1, 0.15) is 10.4 Å². The topological polar surface area (TPSA) is 97.5 Å². The Bertz CT molecular complexity index is 661. The Morgan fingerprint density at radius 1 is 1.45 bits per heavy atom. The molecular formula is C13H12BrN3O3. The average molecular weight is 338 g/mol. The molecule has 0 unspecified atom stereocenters. The van der Waals surface area contributed by atoms with Crippen LogP contribution in [0.2, 0.25) is 0 Å². The third kappa shape index (κ3) is 3.00. The van der Waals surface area contributed by atoms with Crippen LogP contribution in [0.4, 0.5) is 17.2 Å². The number of aromatic carboxylic acids is 1. The zero-order chi connectivity index (χ0) is 14.7. The molecule has 1 aromatic carbocycles. The number of rotatable bonds is 4. The van der Waals surface area contributed by atoms with Crippen molar-refractivity contribution in [2.75, 3.05) is 18.2 Å². The van der Waals surface area contributed by atoms with Gasteiger partial charge in [0.2, 0.25) is 0 Å². The average Bonchev–Trinajstić information content (AvgIpc) is 2.43. The lowest BCUT2D eigenvalue weighted by Crippen LogP contribution is -2.04. The first-order valence-electron chi connectivity index (χ1n) is 5.60. The smallest absolute Gasteiger partial charge is 0.337 e. The van der Waals surface area contributed by atoms with E-state index in [2.05, 4.69) is 26.2 Å². The second-order valence-electron chi connectivity index (χ2n) is 3.94. The van der Waals surface area contributed by atoms with Crippen molar-refractivity contribution in [2.45, 2.75) is 0 Å². The number of carbonyl (C=O) groups is 1. The fraction of sp³-hybridized carbons (Fsp3) is 0.0769. The summed E-state index contributed by atoms with van der Waals surface area (Å²) < 4.78 is 5.95. The number of pyridine rings is 1. The van der Waals surface area contributed by atoms with E-state index in [1.54, 1.807) is 19.2 Å². The lowest BCUT2D eigenvalue weighted by Gasteiger charge is -2.11. The van der Waals surface area contributed by atoms with Crippen LogP contribution in [0.5, 0.6) is 5.75 Å². The van der Waals surface area contributed by atoms with E-state index in [1.165, 1.54) is 12.3 Å². The number of anilines is 3. The molecule has 0 saturated heterocycles. The first-order valence-corrected chi connectivity index (χ1v) is 6.40. The Hall–Kier alpha value is -2.28. The van der Waals surface area contributed by atoms with Crippen molar-refractivity contribution in [1.29, 1.82) is 0 Å². The van der Waals surface area contributed by atoms with Crippen LogP contribution in [0.25, 0.3) is 0 Å².